The maximum atomic E-state index is 12.8. The Kier molecular flexibility index (Phi) is 4.97. The van der Waals surface area contributed by atoms with E-state index in [1.165, 1.54) is 19.3 Å². The Bertz CT molecular complexity index is 905. The first-order valence-electron chi connectivity index (χ1n) is 11.0. The Hall–Kier alpha value is -2.82. The van der Waals surface area contributed by atoms with Crippen LogP contribution in [0.3, 0.4) is 0 Å². The molecule has 0 spiro atoms. The molecule has 5 heteroatoms. The van der Waals surface area contributed by atoms with Crippen LogP contribution in [0, 0.1) is 17.8 Å². The van der Waals surface area contributed by atoms with Crippen LogP contribution in [-0.4, -0.2) is 17.5 Å². The number of ether oxygens (including phenoxy) is 1. The van der Waals surface area contributed by atoms with Crippen molar-refractivity contribution in [3.63, 3.8) is 0 Å². The number of benzene rings is 2. The molecule has 30 heavy (non-hydrogen) atoms. The van der Waals surface area contributed by atoms with Crippen LogP contribution in [0.1, 0.15) is 54.4 Å². The van der Waals surface area contributed by atoms with Crippen LogP contribution in [0.2, 0.25) is 0 Å². The molecular formula is C25H28N2O3. The highest BCUT2D eigenvalue weighted by Crippen LogP contribution is 2.55. The van der Waals surface area contributed by atoms with Gasteiger partial charge in [-0.25, -0.2) is 9.59 Å². The first-order valence-corrected chi connectivity index (χ1v) is 11.0. The molecule has 2 aromatic rings. The van der Waals surface area contributed by atoms with Crippen LogP contribution in [0.25, 0.3) is 0 Å². The Morgan fingerprint density at radius 1 is 0.900 bits per heavy atom. The van der Waals surface area contributed by atoms with Crippen molar-refractivity contribution in [1.29, 1.82) is 0 Å². The normalized spacial score (nSPS) is 28.7. The quantitative estimate of drug-likeness (QED) is 0.679. The zero-order valence-electron chi connectivity index (χ0n) is 17.1. The molecule has 4 bridgehead atoms. The number of carbonyl (C=O) groups excluding carboxylic acids is 2. The first-order chi connectivity index (χ1) is 14.6. The molecule has 0 heterocycles. The van der Waals surface area contributed by atoms with Crippen molar-refractivity contribution in [3.05, 3.63) is 65.7 Å². The summed E-state index contributed by atoms with van der Waals surface area (Å²) in [6.07, 6.45) is 7.36. The maximum Gasteiger partial charge on any atom is 0.338 e. The van der Waals surface area contributed by atoms with Crippen LogP contribution in [0.5, 0.6) is 0 Å². The second kappa shape index (κ2) is 7.78. The number of urea groups is 1. The van der Waals surface area contributed by atoms with Crippen LogP contribution < -0.4 is 10.6 Å². The SMILES string of the molecule is O=C(Nc1cccc(C(=O)OCc2ccccc2)c1)NC12CC3CC(CC(C3)C1)C2. The van der Waals surface area contributed by atoms with Gasteiger partial charge >= 0.3 is 12.0 Å². The van der Waals surface area contributed by atoms with Crippen molar-refractivity contribution >= 4 is 17.7 Å². The number of hydrogen-bond acceptors (Lipinski definition) is 3. The fourth-order valence-electron chi connectivity index (χ4n) is 6.20. The van der Waals surface area contributed by atoms with E-state index in [2.05, 4.69) is 10.6 Å². The second-order valence-electron chi connectivity index (χ2n) is 9.42. The van der Waals surface area contributed by atoms with E-state index < -0.39 is 5.97 Å². The van der Waals surface area contributed by atoms with Gasteiger partial charge in [-0.05, 0) is 80.0 Å². The fraction of sp³-hybridized carbons (Fsp3) is 0.440. The summed E-state index contributed by atoms with van der Waals surface area (Å²) in [7, 11) is 0. The van der Waals surface area contributed by atoms with E-state index >= 15 is 0 Å². The number of nitrogens with one attached hydrogen (secondary N) is 2. The number of rotatable bonds is 5. The molecule has 4 saturated carbocycles. The second-order valence-corrected chi connectivity index (χ2v) is 9.42. The highest BCUT2D eigenvalue weighted by Gasteiger charge is 2.51. The molecule has 156 valence electrons. The maximum absolute atomic E-state index is 12.8. The summed E-state index contributed by atoms with van der Waals surface area (Å²) in [4.78, 5) is 25.2. The van der Waals surface area contributed by atoms with Gasteiger partial charge in [-0.15, -0.1) is 0 Å². The summed E-state index contributed by atoms with van der Waals surface area (Å²) in [6.45, 7) is 0.226. The highest BCUT2D eigenvalue weighted by molar-refractivity contribution is 5.94. The fourth-order valence-corrected chi connectivity index (χ4v) is 6.20. The summed E-state index contributed by atoms with van der Waals surface area (Å²) >= 11 is 0. The zero-order chi connectivity index (χ0) is 20.6. The minimum absolute atomic E-state index is 0.0366. The van der Waals surface area contributed by atoms with Gasteiger partial charge in [0.15, 0.2) is 0 Å². The molecule has 0 saturated heterocycles. The minimum Gasteiger partial charge on any atom is -0.457 e. The van der Waals surface area contributed by atoms with E-state index in [1.54, 1.807) is 24.3 Å². The largest absolute Gasteiger partial charge is 0.457 e. The number of esters is 1. The van der Waals surface area contributed by atoms with Gasteiger partial charge in [0.05, 0.1) is 5.56 Å². The lowest BCUT2D eigenvalue weighted by molar-refractivity contribution is -0.0127. The Labute approximate surface area is 177 Å². The van der Waals surface area contributed by atoms with Gasteiger partial charge < -0.3 is 15.4 Å². The van der Waals surface area contributed by atoms with Crippen molar-refractivity contribution in [1.82, 2.24) is 5.32 Å². The number of anilines is 1. The monoisotopic (exact) mass is 404 g/mol. The molecule has 0 aliphatic heterocycles. The molecule has 5 nitrogen and oxygen atoms in total. The average Bonchev–Trinajstić information content (AvgIpc) is 2.71. The summed E-state index contributed by atoms with van der Waals surface area (Å²) in [5, 5.41) is 6.23. The number of hydrogen-bond donors (Lipinski definition) is 2. The van der Waals surface area contributed by atoms with Crippen molar-refractivity contribution in [3.8, 4) is 0 Å². The minimum atomic E-state index is -0.399. The van der Waals surface area contributed by atoms with Crippen molar-refractivity contribution in [2.45, 2.75) is 50.7 Å². The third-order valence-corrected chi connectivity index (χ3v) is 6.99. The van der Waals surface area contributed by atoms with E-state index in [0.717, 1.165) is 42.6 Å². The first kappa shape index (κ1) is 19.2. The van der Waals surface area contributed by atoms with Gasteiger partial charge in [-0.3, -0.25) is 0 Å². The smallest absolute Gasteiger partial charge is 0.338 e. The highest BCUT2D eigenvalue weighted by atomic mass is 16.5. The molecule has 6 rings (SSSR count). The lowest BCUT2D eigenvalue weighted by atomic mass is 9.53. The van der Waals surface area contributed by atoms with E-state index in [4.69, 9.17) is 4.74 Å². The van der Waals surface area contributed by atoms with Crippen LogP contribution in [0.4, 0.5) is 10.5 Å². The van der Waals surface area contributed by atoms with Gasteiger partial charge in [0.1, 0.15) is 6.61 Å². The van der Waals surface area contributed by atoms with Gasteiger partial charge in [0, 0.05) is 11.2 Å². The van der Waals surface area contributed by atoms with Crippen LogP contribution in [0.15, 0.2) is 54.6 Å². The average molecular weight is 405 g/mol. The summed E-state index contributed by atoms with van der Waals surface area (Å²) in [5.41, 5.74) is 1.94. The van der Waals surface area contributed by atoms with Gasteiger partial charge in [0.25, 0.3) is 0 Å². The molecule has 0 unspecified atom stereocenters. The molecule has 0 atom stereocenters. The molecule has 0 aromatic heterocycles. The van der Waals surface area contributed by atoms with Gasteiger partial charge in [0.2, 0.25) is 0 Å². The molecule has 4 aliphatic rings. The Balaban J connectivity index is 1.19. The van der Waals surface area contributed by atoms with E-state index in [-0.39, 0.29) is 18.2 Å². The topological polar surface area (TPSA) is 67.4 Å². The molecule has 0 radical (unpaired) electrons. The zero-order valence-corrected chi connectivity index (χ0v) is 17.1. The van der Waals surface area contributed by atoms with Crippen LogP contribution in [-0.2, 0) is 11.3 Å². The third kappa shape index (κ3) is 4.07. The number of amides is 2. The molecule has 2 N–H and O–H groups in total. The van der Waals surface area contributed by atoms with Crippen molar-refractivity contribution in [2.75, 3.05) is 5.32 Å². The van der Waals surface area contributed by atoms with Crippen molar-refractivity contribution in [2.24, 2.45) is 17.8 Å². The molecule has 4 aliphatic carbocycles. The van der Waals surface area contributed by atoms with E-state index in [9.17, 15) is 9.59 Å². The predicted octanol–water partition coefficient (Wildman–Crippen LogP) is 5.13. The summed E-state index contributed by atoms with van der Waals surface area (Å²) in [6, 6.07) is 16.3. The summed E-state index contributed by atoms with van der Waals surface area (Å²) in [5.74, 6) is 1.93. The van der Waals surface area contributed by atoms with Gasteiger partial charge in [-0.1, -0.05) is 36.4 Å². The molecular weight excluding hydrogens is 376 g/mol. The molecule has 2 amide bonds. The van der Waals surface area contributed by atoms with E-state index in [0.29, 0.717) is 11.3 Å². The van der Waals surface area contributed by atoms with E-state index in [1.807, 2.05) is 30.3 Å². The molecule has 2 aromatic carbocycles. The molecule has 4 fully saturated rings. The van der Waals surface area contributed by atoms with Gasteiger partial charge in [-0.2, -0.15) is 0 Å². The van der Waals surface area contributed by atoms with Crippen molar-refractivity contribution < 1.29 is 14.3 Å². The lowest BCUT2D eigenvalue weighted by Gasteiger charge is -2.56. The summed E-state index contributed by atoms with van der Waals surface area (Å²) < 4.78 is 5.40. The van der Waals surface area contributed by atoms with Crippen LogP contribution >= 0.6 is 0 Å². The lowest BCUT2D eigenvalue weighted by Crippen LogP contribution is -2.60. The predicted molar refractivity (Wildman–Crippen MR) is 115 cm³/mol. The Morgan fingerprint density at radius 2 is 1.57 bits per heavy atom. The number of carbonyl (C=O) groups is 2. The standard InChI is InChI=1S/C25H28N2O3/c28-23(30-16-17-5-2-1-3-6-17)21-7-4-8-22(12-21)26-24(29)27-25-13-18-9-19(14-25)11-20(10-18)15-25/h1-8,12,18-20H,9-11,13-16H2,(H2,26,27,29). The third-order valence-electron chi connectivity index (χ3n) is 6.99. The Morgan fingerprint density at radius 3 is 2.23 bits per heavy atom.